The number of nitrogens with one attached hydrogen (secondary N) is 4. The molecule has 3 fully saturated rings. The van der Waals surface area contributed by atoms with Crippen LogP contribution in [0.5, 0.6) is 0 Å². The summed E-state index contributed by atoms with van der Waals surface area (Å²) in [4.78, 5) is 54.4. The number of allylic oxidation sites excluding steroid dienone is 1. The van der Waals surface area contributed by atoms with E-state index in [1.54, 1.807) is 0 Å². The minimum atomic E-state index is -0.673. The Kier molecular flexibility index (Phi) is 10.9. The number of carbonyl (C=O) groups excluding carboxylic acids is 3. The molecule has 4 aromatic rings. The lowest BCUT2D eigenvalue weighted by atomic mass is 9.75. The van der Waals surface area contributed by atoms with Crippen LogP contribution < -0.4 is 16.0 Å². The van der Waals surface area contributed by atoms with Crippen LogP contribution in [0.15, 0.2) is 90.2 Å². The van der Waals surface area contributed by atoms with Gasteiger partial charge in [-0.05, 0) is 102 Å². The van der Waals surface area contributed by atoms with Gasteiger partial charge in [0.1, 0.15) is 11.9 Å². The maximum atomic E-state index is 13.8. The molecule has 11 nitrogen and oxygen atoms in total. The molecule has 0 radical (unpaired) electrons. The zero-order valence-electron chi connectivity index (χ0n) is 34.2. The third-order valence-electron chi connectivity index (χ3n) is 13.7. The highest BCUT2D eigenvalue weighted by molar-refractivity contribution is 6.02. The van der Waals surface area contributed by atoms with Crippen molar-refractivity contribution < 1.29 is 19.1 Å². The van der Waals surface area contributed by atoms with E-state index in [2.05, 4.69) is 93.7 Å². The Morgan fingerprint density at radius 1 is 0.915 bits per heavy atom. The second-order valence-corrected chi connectivity index (χ2v) is 17.6. The number of benzene rings is 3. The first-order valence-corrected chi connectivity index (χ1v) is 21.5. The van der Waals surface area contributed by atoms with E-state index in [1.807, 2.05) is 31.1 Å². The number of nitrogens with zero attached hydrogens (tertiary/aromatic N) is 3. The number of imidazole rings is 1. The average Bonchev–Trinajstić information content (AvgIpc) is 4.13. The van der Waals surface area contributed by atoms with Gasteiger partial charge in [-0.25, -0.2) is 9.78 Å². The Morgan fingerprint density at radius 3 is 2.41 bits per heavy atom. The van der Waals surface area contributed by atoms with Gasteiger partial charge in [0.25, 0.3) is 0 Å². The van der Waals surface area contributed by atoms with Gasteiger partial charge in [0, 0.05) is 55.5 Å². The van der Waals surface area contributed by atoms with Gasteiger partial charge in [-0.2, -0.15) is 0 Å². The second kappa shape index (κ2) is 16.5. The highest BCUT2D eigenvalue weighted by Gasteiger charge is 2.53. The SMILES string of the molecule is COC(=O)N[C@H](C(=O)N1CCC[C@H]1c1ncc(-c2ccc(-c3ccc(C4=CN=C(C5C6CCC(C6)[C@@H]5C(=O)NCC5CNc6ccccc6C5)C4)cc3)cc2)[nH]1)C(C)C. The van der Waals surface area contributed by atoms with Gasteiger partial charge in [0.2, 0.25) is 11.8 Å². The summed E-state index contributed by atoms with van der Waals surface area (Å²) in [7, 11) is 1.30. The number of para-hydroxylation sites is 1. The second-order valence-electron chi connectivity index (χ2n) is 17.6. The summed E-state index contributed by atoms with van der Waals surface area (Å²) in [6.45, 7) is 6.04. The lowest BCUT2D eigenvalue weighted by molar-refractivity contribution is -0.135. The van der Waals surface area contributed by atoms with Gasteiger partial charge >= 0.3 is 6.09 Å². The van der Waals surface area contributed by atoms with E-state index in [-0.39, 0.29) is 35.6 Å². The molecule has 9 rings (SSSR count). The van der Waals surface area contributed by atoms with Crippen molar-refractivity contribution in [3.63, 3.8) is 0 Å². The lowest BCUT2D eigenvalue weighted by Gasteiger charge is -2.32. The molecular weight excluding hydrogens is 739 g/mol. The van der Waals surface area contributed by atoms with E-state index in [9.17, 15) is 14.4 Å². The Hall–Kier alpha value is -5.71. The molecule has 5 aliphatic rings. The Labute approximate surface area is 346 Å². The predicted molar refractivity (Wildman–Crippen MR) is 230 cm³/mol. The molecule has 7 atom stereocenters. The first-order chi connectivity index (χ1) is 28.7. The number of aromatic nitrogens is 2. The van der Waals surface area contributed by atoms with E-state index in [4.69, 9.17) is 14.7 Å². The third-order valence-corrected chi connectivity index (χ3v) is 13.7. The first kappa shape index (κ1) is 38.8. The maximum Gasteiger partial charge on any atom is 0.407 e. The van der Waals surface area contributed by atoms with Crippen LogP contribution in [0.25, 0.3) is 28.0 Å². The highest BCUT2D eigenvalue weighted by atomic mass is 16.5. The van der Waals surface area contributed by atoms with Crippen molar-refractivity contribution in [2.45, 2.75) is 70.9 Å². The number of amides is 3. The van der Waals surface area contributed by atoms with Gasteiger partial charge in [0.05, 0.1) is 25.0 Å². The summed E-state index contributed by atoms with van der Waals surface area (Å²) in [6, 6.07) is 24.8. The molecule has 3 aliphatic heterocycles. The van der Waals surface area contributed by atoms with Crippen LogP contribution >= 0.6 is 0 Å². The minimum absolute atomic E-state index is 0.0173. The van der Waals surface area contributed by atoms with Gasteiger partial charge in [-0.3, -0.25) is 14.6 Å². The van der Waals surface area contributed by atoms with E-state index in [1.165, 1.54) is 41.6 Å². The molecule has 4 N–H and O–H groups in total. The van der Waals surface area contributed by atoms with E-state index >= 15 is 0 Å². The fraction of sp³-hybridized carbons (Fsp3) is 0.438. The van der Waals surface area contributed by atoms with E-state index in [0.717, 1.165) is 73.3 Å². The van der Waals surface area contributed by atoms with E-state index in [0.29, 0.717) is 30.8 Å². The number of alkyl carbamates (subject to hydrolysis) is 1. The molecule has 1 aromatic heterocycles. The summed E-state index contributed by atoms with van der Waals surface area (Å²) in [5.41, 5.74) is 10.3. The topological polar surface area (TPSA) is 141 Å². The molecule has 2 aliphatic carbocycles. The first-order valence-electron chi connectivity index (χ1n) is 21.5. The molecule has 2 saturated carbocycles. The number of carbonyl (C=O) groups is 3. The number of anilines is 1. The molecular formula is C48H55N7O4. The molecule has 3 amide bonds. The van der Waals surface area contributed by atoms with Crippen molar-refractivity contribution in [1.29, 1.82) is 0 Å². The summed E-state index contributed by atoms with van der Waals surface area (Å²) in [6.07, 6.45) is 10.2. The van der Waals surface area contributed by atoms with Crippen molar-refractivity contribution in [3.05, 3.63) is 102 Å². The van der Waals surface area contributed by atoms with Crippen LogP contribution in [-0.4, -0.2) is 71.3 Å². The summed E-state index contributed by atoms with van der Waals surface area (Å²) in [5.74, 6) is 2.39. The number of H-pyrrole nitrogens is 1. The number of ether oxygens (including phenoxy) is 1. The van der Waals surface area contributed by atoms with Crippen LogP contribution in [0.2, 0.25) is 0 Å². The standard InChI is InChI=1S/C48H55N7O4/c1-28(2)44(54-48(58)59-3)47(57)55-20-6-9-41(55)45-51-27-40(53-45)33-16-14-31(15-17-33)30-10-12-32(13-11-30)37-23-39(50-26-37)42-35-18-19-36(22-35)43(42)46(56)52-25-29-21-34-7-4-5-8-38(34)49-24-29/h4-5,7-8,10-17,26-29,35-36,41-44,49H,6,9,18-25H2,1-3H3,(H,51,53)(H,52,56)(H,54,58)/t29?,35?,36?,41-,42?,43-,44-/m0/s1. The van der Waals surface area contributed by atoms with Crippen molar-refractivity contribution >= 4 is 34.9 Å². The number of fused-ring (bicyclic) bond motifs is 3. The fourth-order valence-electron chi connectivity index (χ4n) is 10.6. The molecule has 1 saturated heterocycles. The molecule has 11 heteroatoms. The number of rotatable bonds is 11. The van der Waals surface area contributed by atoms with Crippen LogP contribution in [0.3, 0.4) is 0 Å². The quantitative estimate of drug-likeness (QED) is 0.121. The number of hydrogen-bond acceptors (Lipinski definition) is 7. The Morgan fingerprint density at radius 2 is 1.64 bits per heavy atom. The van der Waals surface area contributed by atoms with Gasteiger partial charge in [-0.15, -0.1) is 0 Å². The van der Waals surface area contributed by atoms with Crippen LogP contribution in [-0.2, 0) is 20.7 Å². The van der Waals surface area contributed by atoms with Crippen molar-refractivity contribution in [2.75, 3.05) is 32.1 Å². The smallest absolute Gasteiger partial charge is 0.407 e. The van der Waals surface area contributed by atoms with Crippen molar-refractivity contribution in [3.8, 4) is 22.4 Å². The van der Waals surface area contributed by atoms with Crippen LogP contribution in [0, 0.1) is 35.5 Å². The molecule has 59 heavy (non-hydrogen) atoms. The van der Waals surface area contributed by atoms with Crippen LogP contribution in [0.4, 0.5) is 10.5 Å². The number of aromatic amines is 1. The maximum absolute atomic E-state index is 13.8. The molecule has 4 unspecified atom stereocenters. The summed E-state index contributed by atoms with van der Waals surface area (Å²) >= 11 is 0. The van der Waals surface area contributed by atoms with Crippen molar-refractivity contribution in [1.82, 2.24) is 25.5 Å². The van der Waals surface area contributed by atoms with Crippen molar-refractivity contribution in [2.24, 2.45) is 40.5 Å². The number of likely N-dealkylation sites (tertiary alicyclic amines) is 1. The lowest BCUT2D eigenvalue weighted by Crippen LogP contribution is -2.51. The Bertz CT molecular complexity index is 2260. The summed E-state index contributed by atoms with van der Waals surface area (Å²) < 4.78 is 4.77. The number of aliphatic imine (C=N–C) groups is 1. The van der Waals surface area contributed by atoms with Crippen LogP contribution in [0.1, 0.15) is 75.4 Å². The largest absolute Gasteiger partial charge is 0.453 e. The van der Waals surface area contributed by atoms with Gasteiger partial charge < -0.3 is 30.6 Å². The zero-order valence-corrected chi connectivity index (χ0v) is 34.2. The zero-order chi connectivity index (χ0) is 40.6. The fourth-order valence-corrected chi connectivity index (χ4v) is 10.6. The summed E-state index contributed by atoms with van der Waals surface area (Å²) in [5, 5.41) is 9.65. The molecule has 306 valence electrons. The van der Waals surface area contributed by atoms with Gasteiger partial charge in [0.15, 0.2) is 0 Å². The third kappa shape index (κ3) is 7.79. The molecule has 2 bridgehead atoms. The molecule has 3 aromatic carbocycles. The predicted octanol–water partition coefficient (Wildman–Crippen LogP) is 8.04. The minimum Gasteiger partial charge on any atom is -0.453 e. The highest BCUT2D eigenvalue weighted by Crippen LogP contribution is 2.54. The molecule has 0 spiro atoms. The normalized spacial score (nSPS) is 24.9. The number of hydrogen-bond donors (Lipinski definition) is 4. The van der Waals surface area contributed by atoms with E-state index < -0.39 is 12.1 Å². The Balaban J connectivity index is 0.806. The average molecular weight is 794 g/mol. The van der Waals surface area contributed by atoms with Gasteiger partial charge in [-0.1, -0.05) is 80.6 Å². The number of methoxy groups -OCH3 is 1. The monoisotopic (exact) mass is 793 g/mol. The molecule has 4 heterocycles.